The summed E-state index contributed by atoms with van der Waals surface area (Å²) < 4.78 is 32.0. The molecule has 0 atom stereocenters. The van der Waals surface area contributed by atoms with E-state index in [1.54, 1.807) is 44.2 Å². The molecule has 0 saturated carbocycles. The summed E-state index contributed by atoms with van der Waals surface area (Å²) >= 11 is 0. The van der Waals surface area contributed by atoms with Gasteiger partial charge in [0.1, 0.15) is 0 Å². The molecule has 0 N–H and O–H groups in total. The van der Waals surface area contributed by atoms with Crippen molar-refractivity contribution in [1.82, 2.24) is 0 Å². The molecule has 3 rings (SSSR count). The molecule has 1 heterocycles. The van der Waals surface area contributed by atoms with Gasteiger partial charge in [-0.05, 0) is 55.7 Å². The van der Waals surface area contributed by atoms with Crippen LogP contribution in [-0.2, 0) is 19.4 Å². The van der Waals surface area contributed by atoms with E-state index in [0.717, 1.165) is 0 Å². The number of para-hydroxylation sites is 1. The first kappa shape index (κ1) is 23.5. The molecule has 0 aliphatic carbocycles. The lowest BCUT2D eigenvalue weighted by Gasteiger charge is -2.31. The number of carbonyl (C=O) groups is 2. The number of ketones is 1. The van der Waals surface area contributed by atoms with E-state index in [-0.39, 0.29) is 43.7 Å². The van der Waals surface area contributed by atoms with E-state index in [4.69, 9.17) is 4.74 Å². The molecule has 0 saturated heterocycles. The average Bonchev–Trinajstić information content (AvgIpc) is 2.75. The number of fused-ring (bicyclic) bond motifs is 2. The zero-order valence-electron chi connectivity index (χ0n) is 18.9. The number of Topliss-reactive ketones (excluding diaryl/α,β-unsaturated/α-hetero) is 1. The van der Waals surface area contributed by atoms with Crippen LogP contribution in [0.1, 0.15) is 45.0 Å². The minimum absolute atomic E-state index is 0.0244. The molecule has 0 aromatic heterocycles. The highest BCUT2D eigenvalue weighted by Gasteiger charge is 2.37. The molecule has 2 aromatic rings. The predicted molar refractivity (Wildman–Crippen MR) is 124 cm³/mol. The molecule has 0 spiro atoms. The Morgan fingerprint density at radius 2 is 1.69 bits per heavy atom. The molecule has 1 aliphatic rings. The van der Waals surface area contributed by atoms with Crippen LogP contribution in [0.15, 0.2) is 76.2 Å². The van der Waals surface area contributed by atoms with Crippen LogP contribution in [0, 0.1) is 5.41 Å². The normalized spacial score (nSPS) is 15.3. The first-order valence-corrected chi connectivity index (χ1v) is 11.8. The van der Waals surface area contributed by atoms with E-state index in [1.807, 2.05) is 20.8 Å². The Hall–Kier alpha value is -3.19. The lowest BCUT2D eigenvalue weighted by atomic mass is 9.96. The monoisotopic (exact) mass is 453 g/mol. The Morgan fingerprint density at radius 1 is 1.03 bits per heavy atom. The average molecular weight is 454 g/mol. The molecular weight excluding hydrogens is 426 g/mol. The predicted octanol–water partition coefficient (Wildman–Crippen LogP) is 5.22. The second-order valence-corrected chi connectivity index (χ2v) is 10.3. The summed E-state index contributed by atoms with van der Waals surface area (Å²) in [6.07, 6.45) is 4.76. The lowest BCUT2D eigenvalue weighted by molar-refractivity contribution is -0.113. The number of carbonyl (C=O) groups excluding carboxylic acids is 2. The van der Waals surface area contributed by atoms with Crippen molar-refractivity contribution in [1.29, 1.82) is 0 Å². The van der Waals surface area contributed by atoms with Gasteiger partial charge in [-0.2, -0.15) is 0 Å². The van der Waals surface area contributed by atoms with Crippen LogP contribution in [0.5, 0.6) is 0 Å². The second kappa shape index (κ2) is 8.74. The summed E-state index contributed by atoms with van der Waals surface area (Å²) in [4.78, 5) is 27.6. The van der Waals surface area contributed by atoms with Crippen molar-refractivity contribution in [2.45, 2.75) is 44.4 Å². The number of rotatable bonds is 5. The van der Waals surface area contributed by atoms with Gasteiger partial charge in [-0.1, -0.05) is 39.0 Å². The third-order valence-corrected chi connectivity index (χ3v) is 6.73. The second-order valence-electron chi connectivity index (χ2n) is 8.44. The molecule has 32 heavy (non-hydrogen) atoms. The van der Waals surface area contributed by atoms with E-state index in [1.165, 1.54) is 35.2 Å². The highest BCUT2D eigenvalue weighted by atomic mass is 32.2. The number of allylic oxidation sites excluding steroid dienone is 3. The minimum Gasteiger partial charge on any atom is -0.490 e. The SMILES string of the molecule is C/C=C(\OCC)C(=O)c1ccc2c(c1)N(C(=O)/C=C\C(C)(C)C)c1ccccc1S2(=O)=O. The number of ether oxygens (including phenoxy) is 1. The first-order valence-electron chi connectivity index (χ1n) is 10.4. The number of anilines is 2. The number of nitrogens with zero attached hydrogens (tertiary/aromatic N) is 1. The zero-order valence-corrected chi connectivity index (χ0v) is 19.7. The Kier molecular flexibility index (Phi) is 6.41. The first-order chi connectivity index (χ1) is 15.0. The molecule has 2 aromatic carbocycles. The molecule has 7 heteroatoms. The highest BCUT2D eigenvalue weighted by Crippen LogP contribution is 2.44. The summed E-state index contributed by atoms with van der Waals surface area (Å²) in [5, 5.41) is 0. The van der Waals surface area contributed by atoms with Crippen molar-refractivity contribution in [2.75, 3.05) is 11.5 Å². The van der Waals surface area contributed by atoms with E-state index in [9.17, 15) is 18.0 Å². The van der Waals surface area contributed by atoms with Crippen LogP contribution in [0.3, 0.4) is 0 Å². The molecule has 0 fully saturated rings. The van der Waals surface area contributed by atoms with Gasteiger partial charge in [0, 0.05) is 11.6 Å². The summed E-state index contributed by atoms with van der Waals surface area (Å²) in [7, 11) is -3.86. The van der Waals surface area contributed by atoms with Crippen molar-refractivity contribution in [3.8, 4) is 0 Å². The summed E-state index contributed by atoms with van der Waals surface area (Å²) in [5.74, 6) is -0.618. The molecule has 1 aliphatic heterocycles. The molecular formula is C25H27NO5S. The zero-order chi connectivity index (χ0) is 23.7. The quantitative estimate of drug-likeness (QED) is 0.352. The third-order valence-electron chi connectivity index (χ3n) is 4.88. The minimum atomic E-state index is -3.86. The van der Waals surface area contributed by atoms with Crippen LogP contribution >= 0.6 is 0 Å². The van der Waals surface area contributed by atoms with Crippen molar-refractivity contribution >= 4 is 32.9 Å². The van der Waals surface area contributed by atoms with Crippen LogP contribution in [0.2, 0.25) is 0 Å². The fraction of sp³-hybridized carbons (Fsp3) is 0.280. The summed E-state index contributed by atoms with van der Waals surface area (Å²) in [6, 6.07) is 10.6. The lowest BCUT2D eigenvalue weighted by Crippen LogP contribution is -2.31. The van der Waals surface area contributed by atoms with Crippen LogP contribution in [-0.4, -0.2) is 26.7 Å². The summed E-state index contributed by atoms with van der Waals surface area (Å²) in [6.45, 7) is 9.66. The van der Waals surface area contributed by atoms with Crippen molar-refractivity contribution < 1.29 is 22.7 Å². The fourth-order valence-corrected chi connectivity index (χ4v) is 4.99. The largest absolute Gasteiger partial charge is 0.490 e. The molecule has 0 unspecified atom stereocenters. The van der Waals surface area contributed by atoms with Crippen LogP contribution in [0.4, 0.5) is 11.4 Å². The van der Waals surface area contributed by atoms with Crippen LogP contribution in [0.25, 0.3) is 0 Å². The Bertz CT molecular complexity index is 1230. The van der Waals surface area contributed by atoms with Crippen LogP contribution < -0.4 is 4.90 Å². The van der Waals surface area contributed by atoms with Crippen molar-refractivity contribution in [3.63, 3.8) is 0 Å². The third kappa shape index (κ3) is 4.39. The summed E-state index contributed by atoms with van der Waals surface area (Å²) in [5.41, 5.74) is 0.391. The molecule has 0 radical (unpaired) electrons. The fourth-order valence-electron chi connectivity index (χ4n) is 3.39. The van der Waals surface area contributed by atoms with E-state index in [0.29, 0.717) is 6.61 Å². The maximum Gasteiger partial charge on any atom is 0.255 e. The Morgan fingerprint density at radius 3 is 2.31 bits per heavy atom. The Balaban J connectivity index is 2.23. The van der Waals surface area contributed by atoms with Gasteiger partial charge in [0.2, 0.25) is 15.6 Å². The van der Waals surface area contributed by atoms with Gasteiger partial charge >= 0.3 is 0 Å². The van der Waals surface area contributed by atoms with E-state index < -0.39 is 15.7 Å². The molecule has 6 nitrogen and oxygen atoms in total. The number of sulfone groups is 1. The maximum absolute atomic E-state index is 13.3. The standard InChI is InChI=1S/C25H27NO5S/c1-6-20(31-7-2)24(28)17-12-13-22-19(16-17)26(23(27)14-15-25(3,4)5)18-10-8-9-11-21(18)32(22,29)30/h6,8-16H,7H2,1-5H3/b15-14-,20-6-. The number of benzene rings is 2. The van der Waals surface area contributed by atoms with E-state index in [2.05, 4.69) is 0 Å². The molecule has 0 bridgehead atoms. The molecule has 1 amide bonds. The van der Waals surface area contributed by atoms with Gasteiger partial charge in [0.25, 0.3) is 5.91 Å². The van der Waals surface area contributed by atoms with Gasteiger partial charge in [-0.3, -0.25) is 14.5 Å². The highest BCUT2D eigenvalue weighted by molar-refractivity contribution is 7.92. The number of hydrogen-bond acceptors (Lipinski definition) is 5. The smallest absolute Gasteiger partial charge is 0.255 e. The van der Waals surface area contributed by atoms with E-state index >= 15 is 0 Å². The topological polar surface area (TPSA) is 80.8 Å². The van der Waals surface area contributed by atoms with Gasteiger partial charge in [-0.25, -0.2) is 8.42 Å². The number of amides is 1. The number of hydrogen-bond donors (Lipinski definition) is 0. The van der Waals surface area contributed by atoms with Crippen molar-refractivity contribution in [3.05, 3.63) is 72.0 Å². The van der Waals surface area contributed by atoms with Crippen molar-refractivity contribution in [2.24, 2.45) is 5.41 Å². The van der Waals surface area contributed by atoms with Gasteiger partial charge < -0.3 is 4.74 Å². The molecule has 168 valence electrons. The van der Waals surface area contributed by atoms with Gasteiger partial charge in [-0.15, -0.1) is 0 Å². The van der Waals surface area contributed by atoms with Gasteiger partial charge in [0.05, 0.1) is 27.8 Å². The maximum atomic E-state index is 13.3. The van der Waals surface area contributed by atoms with Gasteiger partial charge in [0.15, 0.2) is 5.76 Å². The Labute approximate surface area is 189 Å².